The first-order valence-corrected chi connectivity index (χ1v) is 7.17. The predicted octanol–water partition coefficient (Wildman–Crippen LogP) is 2.15. The number of aryl methyl sites for hydroxylation is 1. The van der Waals surface area contributed by atoms with Gasteiger partial charge >= 0.3 is 0 Å². The average Bonchev–Trinajstić information content (AvgIpc) is 2.42. The second kappa shape index (κ2) is 6.20. The lowest BCUT2D eigenvalue weighted by Crippen LogP contribution is -2.56. The summed E-state index contributed by atoms with van der Waals surface area (Å²) in [6, 6.07) is 4.74. The Morgan fingerprint density at radius 1 is 1.35 bits per heavy atom. The summed E-state index contributed by atoms with van der Waals surface area (Å²) in [5, 5.41) is 10.6. The van der Waals surface area contributed by atoms with Crippen molar-refractivity contribution in [1.82, 2.24) is 4.90 Å². The summed E-state index contributed by atoms with van der Waals surface area (Å²) >= 11 is 0. The van der Waals surface area contributed by atoms with Crippen molar-refractivity contribution in [3.05, 3.63) is 35.1 Å². The van der Waals surface area contributed by atoms with Crippen LogP contribution in [0.4, 0.5) is 4.39 Å². The molecule has 1 saturated heterocycles. The molecule has 0 amide bonds. The molecule has 0 saturated carbocycles. The standard InChI is InChI=1S/C16H24FNO2/c1-12-10-14(17)5-4-13(12)11-15(19)16(2,3)18-6-8-20-9-7-18/h4-5,10,15,19H,6-9,11H2,1-3H3. The number of hydrogen-bond acceptors (Lipinski definition) is 3. The van der Waals surface area contributed by atoms with Gasteiger partial charge in [0, 0.05) is 25.0 Å². The van der Waals surface area contributed by atoms with Crippen LogP contribution in [-0.2, 0) is 11.2 Å². The maximum absolute atomic E-state index is 13.1. The molecule has 0 aliphatic carbocycles. The van der Waals surface area contributed by atoms with E-state index in [4.69, 9.17) is 4.74 Å². The van der Waals surface area contributed by atoms with Crippen molar-refractivity contribution in [2.24, 2.45) is 0 Å². The summed E-state index contributed by atoms with van der Waals surface area (Å²) in [5.74, 6) is -0.229. The predicted molar refractivity (Wildman–Crippen MR) is 77.3 cm³/mol. The Morgan fingerprint density at radius 2 is 2.00 bits per heavy atom. The van der Waals surface area contributed by atoms with Crippen LogP contribution in [0.15, 0.2) is 18.2 Å². The largest absolute Gasteiger partial charge is 0.391 e. The monoisotopic (exact) mass is 281 g/mol. The summed E-state index contributed by atoms with van der Waals surface area (Å²) in [6.07, 6.45) is 0.0426. The lowest BCUT2D eigenvalue weighted by Gasteiger charge is -2.44. The Morgan fingerprint density at radius 3 is 2.60 bits per heavy atom. The van der Waals surface area contributed by atoms with E-state index in [9.17, 15) is 9.50 Å². The molecule has 2 rings (SSSR count). The summed E-state index contributed by atoms with van der Waals surface area (Å²) in [6.45, 7) is 9.10. The van der Waals surface area contributed by atoms with Gasteiger partial charge in [-0.1, -0.05) is 6.07 Å². The molecular formula is C16H24FNO2. The lowest BCUT2D eigenvalue weighted by atomic mass is 9.88. The SMILES string of the molecule is Cc1cc(F)ccc1CC(O)C(C)(C)N1CCOCC1. The number of benzene rings is 1. The van der Waals surface area contributed by atoms with Gasteiger partial charge in [0.1, 0.15) is 5.82 Å². The van der Waals surface area contributed by atoms with E-state index in [1.807, 2.05) is 6.92 Å². The fourth-order valence-electron chi connectivity index (χ4n) is 2.70. The molecule has 4 heteroatoms. The van der Waals surface area contributed by atoms with E-state index in [1.165, 1.54) is 12.1 Å². The molecule has 0 radical (unpaired) electrons. The van der Waals surface area contributed by atoms with Gasteiger partial charge < -0.3 is 9.84 Å². The minimum absolute atomic E-state index is 0.229. The maximum atomic E-state index is 13.1. The fraction of sp³-hybridized carbons (Fsp3) is 0.625. The molecule has 1 aliphatic heterocycles. The lowest BCUT2D eigenvalue weighted by molar-refractivity contribution is -0.0612. The van der Waals surface area contributed by atoms with Gasteiger partial charge in [-0.2, -0.15) is 0 Å². The zero-order chi connectivity index (χ0) is 14.8. The molecule has 1 unspecified atom stereocenters. The highest BCUT2D eigenvalue weighted by molar-refractivity contribution is 5.27. The molecule has 1 aliphatic rings. The van der Waals surface area contributed by atoms with Gasteiger partial charge in [-0.15, -0.1) is 0 Å². The molecule has 1 N–H and O–H groups in total. The second-order valence-corrected chi connectivity index (χ2v) is 6.04. The third-order valence-electron chi connectivity index (χ3n) is 4.36. The van der Waals surface area contributed by atoms with E-state index in [1.54, 1.807) is 6.07 Å². The Kier molecular flexibility index (Phi) is 4.78. The van der Waals surface area contributed by atoms with Crippen molar-refractivity contribution in [3.8, 4) is 0 Å². The van der Waals surface area contributed by atoms with Crippen LogP contribution in [0, 0.1) is 12.7 Å². The van der Waals surface area contributed by atoms with Crippen LogP contribution >= 0.6 is 0 Å². The number of rotatable bonds is 4. The molecule has 20 heavy (non-hydrogen) atoms. The summed E-state index contributed by atoms with van der Waals surface area (Å²) in [7, 11) is 0. The van der Waals surface area contributed by atoms with Gasteiger partial charge in [0.15, 0.2) is 0 Å². The molecule has 112 valence electrons. The number of aliphatic hydroxyl groups is 1. The second-order valence-electron chi connectivity index (χ2n) is 6.04. The van der Waals surface area contributed by atoms with Crippen molar-refractivity contribution >= 4 is 0 Å². The first-order chi connectivity index (χ1) is 9.41. The normalized spacial score (nSPS) is 19.1. The van der Waals surface area contributed by atoms with E-state index in [2.05, 4.69) is 18.7 Å². The van der Waals surface area contributed by atoms with Crippen LogP contribution in [0.2, 0.25) is 0 Å². The van der Waals surface area contributed by atoms with Gasteiger partial charge in [0.05, 0.1) is 19.3 Å². The van der Waals surface area contributed by atoms with Crippen molar-refractivity contribution < 1.29 is 14.2 Å². The maximum Gasteiger partial charge on any atom is 0.123 e. The first-order valence-electron chi connectivity index (χ1n) is 7.17. The zero-order valence-corrected chi connectivity index (χ0v) is 12.5. The molecule has 3 nitrogen and oxygen atoms in total. The molecule has 1 atom stereocenters. The number of nitrogens with zero attached hydrogens (tertiary/aromatic N) is 1. The average molecular weight is 281 g/mol. The molecule has 1 heterocycles. The quantitative estimate of drug-likeness (QED) is 0.918. The van der Waals surface area contributed by atoms with E-state index < -0.39 is 6.10 Å². The first kappa shape index (κ1) is 15.4. The number of halogens is 1. The van der Waals surface area contributed by atoms with Crippen LogP contribution in [0.5, 0.6) is 0 Å². The minimum atomic E-state index is -0.496. The van der Waals surface area contributed by atoms with Gasteiger partial charge in [-0.25, -0.2) is 4.39 Å². The minimum Gasteiger partial charge on any atom is -0.391 e. The Labute approximate surface area is 120 Å². The van der Waals surface area contributed by atoms with Gasteiger partial charge in [0.2, 0.25) is 0 Å². The third kappa shape index (κ3) is 3.37. The van der Waals surface area contributed by atoms with E-state index >= 15 is 0 Å². The number of aliphatic hydroxyl groups excluding tert-OH is 1. The topological polar surface area (TPSA) is 32.7 Å². The molecule has 1 fully saturated rings. The Balaban J connectivity index is 2.07. The highest BCUT2D eigenvalue weighted by atomic mass is 19.1. The van der Waals surface area contributed by atoms with Gasteiger partial charge in [0.25, 0.3) is 0 Å². The Bertz CT molecular complexity index is 456. The van der Waals surface area contributed by atoms with Gasteiger partial charge in [-0.05, 0) is 44.0 Å². The van der Waals surface area contributed by atoms with Crippen LogP contribution < -0.4 is 0 Å². The summed E-state index contributed by atoms with van der Waals surface area (Å²) < 4.78 is 18.5. The van der Waals surface area contributed by atoms with Crippen molar-refractivity contribution in [2.75, 3.05) is 26.3 Å². The zero-order valence-electron chi connectivity index (χ0n) is 12.5. The number of ether oxygens (including phenoxy) is 1. The van der Waals surface area contributed by atoms with Crippen molar-refractivity contribution in [1.29, 1.82) is 0 Å². The van der Waals surface area contributed by atoms with Crippen LogP contribution in [0.1, 0.15) is 25.0 Å². The highest BCUT2D eigenvalue weighted by Crippen LogP contribution is 2.24. The van der Waals surface area contributed by atoms with Crippen molar-refractivity contribution in [3.63, 3.8) is 0 Å². The van der Waals surface area contributed by atoms with Gasteiger partial charge in [-0.3, -0.25) is 4.90 Å². The van der Waals surface area contributed by atoms with Crippen LogP contribution in [-0.4, -0.2) is 48.0 Å². The fourth-order valence-corrected chi connectivity index (χ4v) is 2.70. The van der Waals surface area contributed by atoms with E-state index in [0.717, 1.165) is 24.2 Å². The number of morpholine rings is 1. The smallest absolute Gasteiger partial charge is 0.123 e. The molecule has 1 aromatic carbocycles. The molecule has 1 aromatic rings. The molecule has 0 spiro atoms. The summed E-state index contributed by atoms with van der Waals surface area (Å²) in [5.41, 5.74) is 1.58. The molecule has 0 bridgehead atoms. The molecular weight excluding hydrogens is 257 g/mol. The van der Waals surface area contributed by atoms with Crippen LogP contribution in [0.25, 0.3) is 0 Å². The Hall–Kier alpha value is -0.970. The summed E-state index contributed by atoms with van der Waals surface area (Å²) in [4.78, 5) is 2.26. The van der Waals surface area contributed by atoms with Crippen molar-refractivity contribution in [2.45, 2.75) is 38.8 Å². The third-order valence-corrected chi connectivity index (χ3v) is 4.36. The van der Waals surface area contributed by atoms with E-state index in [0.29, 0.717) is 19.6 Å². The van der Waals surface area contributed by atoms with Crippen LogP contribution in [0.3, 0.4) is 0 Å². The van der Waals surface area contributed by atoms with E-state index in [-0.39, 0.29) is 11.4 Å². The molecule has 0 aromatic heterocycles. The highest BCUT2D eigenvalue weighted by Gasteiger charge is 2.35. The number of hydrogen-bond donors (Lipinski definition) is 1.